The number of aliphatic hydroxyl groups is 2. The van der Waals surface area contributed by atoms with E-state index in [0.717, 1.165) is 0 Å². The van der Waals surface area contributed by atoms with Crippen LogP contribution in [0.5, 0.6) is 0 Å². The third-order valence-electron chi connectivity index (χ3n) is 6.54. The second-order valence-corrected chi connectivity index (χ2v) is 8.67. The fourth-order valence-corrected chi connectivity index (χ4v) is 4.68. The standard InChI is InChI=1S/C23H38F2O6/c1-3-4-12-22(24,25)23(30-14-15-31-23)13-11-18-17(19(26)16-20(18)27)9-7-5-6-8-10-21(28)29-2/h5,7,17-20,26-27H,3-4,6,8-16H2,1-2H3/b7-5-/t17-,18-,19+,20?/m1/s1. The molecule has 1 aliphatic carbocycles. The zero-order valence-electron chi connectivity index (χ0n) is 18.7. The van der Waals surface area contributed by atoms with Crippen LogP contribution in [0.15, 0.2) is 12.2 Å². The summed E-state index contributed by atoms with van der Waals surface area (Å²) in [6.07, 6.45) is 6.00. The predicted molar refractivity (Wildman–Crippen MR) is 112 cm³/mol. The highest BCUT2D eigenvalue weighted by molar-refractivity contribution is 5.69. The lowest BCUT2D eigenvalue weighted by molar-refractivity contribution is -0.297. The van der Waals surface area contributed by atoms with E-state index in [0.29, 0.717) is 44.9 Å². The fraction of sp³-hybridized carbons (Fsp3) is 0.870. The van der Waals surface area contributed by atoms with Crippen LogP contribution in [0.2, 0.25) is 0 Å². The zero-order chi connectivity index (χ0) is 22.9. The van der Waals surface area contributed by atoms with Gasteiger partial charge in [0.15, 0.2) is 0 Å². The Morgan fingerprint density at radius 2 is 1.84 bits per heavy atom. The number of halogens is 2. The van der Waals surface area contributed by atoms with Crippen LogP contribution < -0.4 is 0 Å². The van der Waals surface area contributed by atoms with Crippen molar-refractivity contribution >= 4 is 5.97 Å². The summed E-state index contributed by atoms with van der Waals surface area (Å²) < 4.78 is 45.3. The van der Waals surface area contributed by atoms with Gasteiger partial charge < -0.3 is 24.4 Å². The van der Waals surface area contributed by atoms with Gasteiger partial charge in [-0.15, -0.1) is 0 Å². The maximum atomic E-state index is 14.9. The first kappa shape index (κ1) is 26.2. The van der Waals surface area contributed by atoms with E-state index in [1.54, 1.807) is 0 Å². The van der Waals surface area contributed by atoms with Gasteiger partial charge in [0.1, 0.15) is 0 Å². The van der Waals surface area contributed by atoms with Crippen molar-refractivity contribution in [1.29, 1.82) is 0 Å². The third kappa shape index (κ3) is 6.94. The Labute approximate surface area is 183 Å². The van der Waals surface area contributed by atoms with E-state index >= 15 is 0 Å². The summed E-state index contributed by atoms with van der Waals surface area (Å²) in [4.78, 5) is 11.1. The van der Waals surface area contributed by atoms with Crippen LogP contribution in [0.25, 0.3) is 0 Å². The average molecular weight is 449 g/mol. The Kier molecular flexibility index (Phi) is 10.3. The van der Waals surface area contributed by atoms with E-state index in [-0.39, 0.29) is 50.3 Å². The molecule has 1 saturated heterocycles. The van der Waals surface area contributed by atoms with Crippen LogP contribution in [0, 0.1) is 11.8 Å². The first-order valence-electron chi connectivity index (χ1n) is 11.5. The average Bonchev–Trinajstić information content (AvgIpc) is 3.33. The maximum Gasteiger partial charge on any atom is 0.305 e. The van der Waals surface area contributed by atoms with Crippen molar-refractivity contribution < 1.29 is 38.0 Å². The molecule has 6 nitrogen and oxygen atoms in total. The van der Waals surface area contributed by atoms with E-state index in [9.17, 15) is 23.8 Å². The molecule has 0 aromatic rings. The van der Waals surface area contributed by atoms with Gasteiger partial charge in [0, 0.05) is 19.3 Å². The van der Waals surface area contributed by atoms with Crippen LogP contribution in [-0.2, 0) is 19.0 Å². The molecule has 2 N–H and O–H groups in total. The molecule has 1 unspecified atom stereocenters. The summed E-state index contributed by atoms with van der Waals surface area (Å²) in [5.41, 5.74) is 0. The summed E-state index contributed by atoms with van der Waals surface area (Å²) in [5.74, 6) is -5.81. The van der Waals surface area contributed by atoms with E-state index in [1.807, 2.05) is 19.1 Å². The number of hydrogen-bond donors (Lipinski definition) is 2. The highest BCUT2D eigenvalue weighted by Gasteiger charge is 2.58. The van der Waals surface area contributed by atoms with Gasteiger partial charge in [-0.1, -0.05) is 25.5 Å². The normalized spacial score (nSPS) is 28.5. The van der Waals surface area contributed by atoms with Gasteiger partial charge in [0.05, 0.1) is 32.5 Å². The predicted octanol–water partition coefficient (Wildman–Crippen LogP) is 3.98. The van der Waals surface area contributed by atoms with Crippen molar-refractivity contribution in [2.24, 2.45) is 11.8 Å². The fourth-order valence-electron chi connectivity index (χ4n) is 4.68. The molecule has 0 bridgehead atoms. The maximum absolute atomic E-state index is 14.9. The van der Waals surface area contributed by atoms with E-state index in [2.05, 4.69) is 4.74 Å². The molecule has 0 aromatic carbocycles. The van der Waals surface area contributed by atoms with Gasteiger partial charge in [-0.3, -0.25) is 4.79 Å². The second kappa shape index (κ2) is 12.2. The van der Waals surface area contributed by atoms with Crippen LogP contribution in [0.3, 0.4) is 0 Å². The molecule has 0 radical (unpaired) electrons. The molecule has 0 amide bonds. The van der Waals surface area contributed by atoms with Crippen LogP contribution in [0.4, 0.5) is 8.78 Å². The first-order valence-corrected chi connectivity index (χ1v) is 11.5. The highest BCUT2D eigenvalue weighted by Crippen LogP contribution is 2.46. The first-order chi connectivity index (χ1) is 14.8. The Hall–Kier alpha value is -1.09. The molecule has 4 atom stereocenters. The second-order valence-electron chi connectivity index (χ2n) is 8.67. The summed E-state index contributed by atoms with van der Waals surface area (Å²) in [6, 6.07) is 0. The van der Waals surface area contributed by atoms with Crippen molar-refractivity contribution in [2.75, 3.05) is 20.3 Å². The zero-order valence-corrected chi connectivity index (χ0v) is 18.7. The Balaban J connectivity index is 1.93. The van der Waals surface area contributed by atoms with Crippen molar-refractivity contribution in [3.05, 3.63) is 12.2 Å². The Bertz CT molecular complexity index is 576. The lowest BCUT2D eigenvalue weighted by Crippen LogP contribution is -2.49. The molecule has 0 aromatic heterocycles. The number of carbonyl (C=O) groups excluding carboxylic acids is 1. The Morgan fingerprint density at radius 3 is 2.48 bits per heavy atom. The molecular formula is C23H38F2O6. The summed E-state index contributed by atoms with van der Waals surface area (Å²) in [7, 11) is 1.36. The number of allylic oxidation sites excluding steroid dienone is 2. The van der Waals surface area contributed by atoms with Crippen molar-refractivity contribution in [3.63, 3.8) is 0 Å². The molecule has 2 rings (SSSR count). The Morgan fingerprint density at radius 1 is 1.16 bits per heavy atom. The number of hydrogen-bond acceptors (Lipinski definition) is 6. The minimum atomic E-state index is -3.10. The molecular weight excluding hydrogens is 410 g/mol. The van der Waals surface area contributed by atoms with Gasteiger partial charge >= 0.3 is 11.9 Å². The number of ether oxygens (including phenoxy) is 3. The minimum Gasteiger partial charge on any atom is -0.469 e. The number of carbonyl (C=O) groups is 1. The van der Waals surface area contributed by atoms with Gasteiger partial charge in [0.25, 0.3) is 0 Å². The number of aliphatic hydroxyl groups excluding tert-OH is 2. The number of unbranched alkanes of at least 4 members (excludes halogenated alkanes) is 2. The molecule has 180 valence electrons. The van der Waals surface area contributed by atoms with E-state index in [1.165, 1.54) is 7.11 Å². The molecule has 2 fully saturated rings. The summed E-state index contributed by atoms with van der Waals surface area (Å²) in [5, 5.41) is 20.9. The number of rotatable bonds is 13. The van der Waals surface area contributed by atoms with Crippen molar-refractivity contribution in [1.82, 2.24) is 0 Å². The molecule has 1 saturated carbocycles. The number of alkyl halides is 2. The SMILES string of the molecule is CCCCC(F)(F)C1(CC[C@H]2C(O)C[C@H](O)[C@@H]2C/C=C\CCCC(=O)OC)OCCO1. The lowest BCUT2D eigenvalue weighted by Gasteiger charge is -2.36. The summed E-state index contributed by atoms with van der Waals surface area (Å²) in [6.45, 7) is 2.13. The lowest BCUT2D eigenvalue weighted by atomic mass is 9.84. The minimum absolute atomic E-state index is 0.0164. The molecule has 31 heavy (non-hydrogen) atoms. The third-order valence-corrected chi connectivity index (χ3v) is 6.54. The quantitative estimate of drug-likeness (QED) is 0.252. The van der Waals surface area contributed by atoms with E-state index in [4.69, 9.17) is 9.47 Å². The van der Waals surface area contributed by atoms with Crippen molar-refractivity contribution in [3.8, 4) is 0 Å². The van der Waals surface area contributed by atoms with Crippen LogP contribution in [-0.4, -0.2) is 60.4 Å². The molecule has 1 heterocycles. The number of methoxy groups -OCH3 is 1. The van der Waals surface area contributed by atoms with Gasteiger partial charge in [-0.05, 0) is 50.4 Å². The van der Waals surface area contributed by atoms with Gasteiger partial charge in [0.2, 0.25) is 5.79 Å². The van der Waals surface area contributed by atoms with Crippen molar-refractivity contribution in [2.45, 2.75) is 95.0 Å². The number of esters is 1. The highest BCUT2D eigenvalue weighted by atomic mass is 19.3. The molecule has 1 aliphatic heterocycles. The monoisotopic (exact) mass is 448 g/mol. The van der Waals surface area contributed by atoms with Gasteiger partial charge in [-0.25, -0.2) is 8.78 Å². The molecule has 8 heteroatoms. The van der Waals surface area contributed by atoms with Gasteiger partial charge in [-0.2, -0.15) is 0 Å². The molecule has 2 aliphatic rings. The molecule has 0 spiro atoms. The summed E-state index contributed by atoms with van der Waals surface area (Å²) >= 11 is 0. The topological polar surface area (TPSA) is 85.2 Å². The smallest absolute Gasteiger partial charge is 0.305 e. The van der Waals surface area contributed by atoms with Crippen LogP contribution >= 0.6 is 0 Å². The van der Waals surface area contributed by atoms with E-state index < -0.39 is 23.9 Å². The van der Waals surface area contributed by atoms with Crippen LogP contribution in [0.1, 0.15) is 71.1 Å². The largest absolute Gasteiger partial charge is 0.469 e.